The second-order valence-corrected chi connectivity index (χ2v) is 5.54. The Morgan fingerprint density at radius 2 is 1.68 bits per heavy atom. The predicted molar refractivity (Wildman–Crippen MR) is 72.9 cm³/mol. The molecule has 19 heavy (non-hydrogen) atoms. The van der Waals surface area contributed by atoms with Gasteiger partial charge in [0.2, 0.25) is 0 Å². The van der Waals surface area contributed by atoms with Crippen LogP contribution in [0.5, 0.6) is 0 Å². The van der Waals surface area contributed by atoms with Crippen LogP contribution < -0.4 is 0 Å². The maximum Gasteiger partial charge on any atom is 0.131 e. The monoisotopic (exact) mass is 348 g/mol. The molecule has 0 aliphatic carbocycles. The van der Waals surface area contributed by atoms with Gasteiger partial charge in [0.25, 0.3) is 0 Å². The van der Waals surface area contributed by atoms with Crippen molar-refractivity contribution in [2.24, 2.45) is 0 Å². The molecule has 0 nitrogen and oxygen atoms in total. The van der Waals surface area contributed by atoms with Crippen LogP contribution in [0.15, 0.2) is 34.8 Å². The van der Waals surface area contributed by atoms with Gasteiger partial charge in [-0.15, -0.1) is 11.6 Å². The molecule has 1 unspecified atom stereocenters. The Morgan fingerprint density at radius 1 is 1.00 bits per heavy atom. The van der Waals surface area contributed by atoms with Gasteiger partial charge in [-0.3, -0.25) is 0 Å². The molecule has 0 saturated heterocycles. The van der Waals surface area contributed by atoms with E-state index >= 15 is 0 Å². The van der Waals surface area contributed by atoms with E-state index in [-0.39, 0.29) is 11.1 Å². The summed E-state index contributed by atoms with van der Waals surface area (Å²) in [4.78, 5) is 0. The van der Waals surface area contributed by atoms with Gasteiger partial charge in [-0.25, -0.2) is 13.2 Å². The summed E-state index contributed by atoms with van der Waals surface area (Å²) in [6.45, 7) is 1.52. The van der Waals surface area contributed by atoms with Crippen molar-refractivity contribution < 1.29 is 13.2 Å². The molecule has 5 heteroatoms. The van der Waals surface area contributed by atoms with Crippen molar-refractivity contribution in [2.75, 3.05) is 0 Å². The van der Waals surface area contributed by atoms with E-state index < -0.39 is 22.8 Å². The molecule has 0 heterocycles. The van der Waals surface area contributed by atoms with Gasteiger partial charge in [0.15, 0.2) is 0 Å². The van der Waals surface area contributed by atoms with Crippen molar-refractivity contribution in [3.8, 4) is 0 Å². The summed E-state index contributed by atoms with van der Waals surface area (Å²) in [7, 11) is 0. The summed E-state index contributed by atoms with van der Waals surface area (Å²) in [5.74, 6) is -1.86. The number of aryl methyl sites for hydroxylation is 1. The molecule has 0 aliphatic heterocycles. The number of hydrogen-bond donors (Lipinski definition) is 0. The minimum Gasteiger partial charge on any atom is -0.207 e. The van der Waals surface area contributed by atoms with Crippen LogP contribution in [-0.4, -0.2) is 0 Å². The molecule has 2 rings (SSSR count). The maximum atomic E-state index is 13.7. The van der Waals surface area contributed by atoms with E-state index in [2.05, 4.69) is 15.9 Å². The smallest absolute Gasteiger partial charge is 0.131 e. The number of halogens is 5. The molecule has 0 radical (unpaired) electrons. The first-order chi connectivity index (χ1) is 8.88. The Balaban J connectivity index is 2.49. The fourth-order valence-electron chi connectivity index (χ4n) is 1.77. The lowest BCUT2D eigenvalue weighted by molar-refractivity contribution is 0.567. The standard InChI is InChI=1S/C14H9BrClF3/c1-7-2-11(13(19)6-12(7)18)14(16)8-3-9(15)5-10(17)4-8/h2-6,14H,1H3. The van der Waals surface area contributed by atoms with Crippen LogP contribution in [0, 0.1) is 24.4 Å². The highest BCUT2D eigenvalue weighted by molar-refractivity contribution is 9.10. The second-order valence-electron chi connectivity index (χ2n) is 4.19. The first-order valence-electron chi connectivity index (χ1n) is 5.44. The highest BCUT2D eigenvalue weighted by atomic mass is 79.9. The molecule has 0 fully saturated rings. The molecule has 2 aromatic carbocycles. The Labute approximate surface area is 122 Å². The molecule has 0 aliphatic rings. The average molecular weight is 350 g/mol. The lowest BCUT2D eigenvalue weighted by Gasteiger charge is -2.13. The van der Waals surface area contributed by atoms with Crippen molar-refractivity contribution in [2.45, 2.75) is 12.3 Å². The fourth-order valence-corrected chi connectivity index (χ4v) is 2.55. The van der Waals surface area contributed by atoms with Crippen LogP contribution in [-0.2, 0) is 0 Å². The fraction of sp³-hybridized carbons (Fsp3) is 0.143. The number of benzene rings is 2. The van der Waals surface area contributed by atoms with E-state index in [1.807, 2.05) is 0 Å². The first kappa shape index (κ1) is 14.4. The molecule has 0 aromatic heterocycles. The van der Waals surface area contributed by atoms with Crippen LogP contribution in [0.25, 0.3) is 0 Å². The summed E-state index contributed by atoms with van der Waals surface area (Å²) in [5, 5.41) is -0.883. The van der Waals surface area contributed by atoms with Gasteiger partial charge >= 0.3 is 0 Å². The van der Waals surface area contributed by atoms with E-state index in [0.29, 0.717) is 10.0 Å². The zero-order valence-corrected chi connectivity index (χ0v) is 12.2. The zero-order valence-electron chi connectivity index (χ0n) is 9.85. The topological polar surface area (TPSA) is 0 Å². The van der Waals surface area contributed by atoms with Gasteiger partial charge in [0, 0.05) is 16.1 Å². The SMILES string of the molecule is Cc1cc(C(Cl)c2cc(F)cc(Br)c2)c(F)cc1F. The molecule has 0 N–H and O–H groups in total. The normalized spacial score (nSPS) is 12.5. The third-order valence-corrected chi connectivity index (χ3v) is 3.67. The van der Waals surface area contributed by atoms with Gasteiger partial charge in [-0.1, -0.05) is 15.9 Å². The van der Waals surface area contributed by atoms with Gasteiger partial charge in [-0.2, -0.15) is 0 Å². The minimum absolute atomic E-state index is 0.123. The maximum absolute atomic E-state index is 13.7. The zero-order chi connectivity index (χ0) is 14.2. The lowest BCUT2D eigenvalue weighted by Crippen LogP contribution is -2.00. The summed E-state index contributed by atoms with van der Waals surface area (Å²) in [6, 6.07) is 6.22. The van der Waals surface area contributed by atoms with Crippen molar-refractivity contribution in [1.29, 1.82) is 0 Å². The molecule has 0 bridgehead atoms. The van der Waals surface area contributed by atoms with Crippen molar-refractivity contribution in [1.82, 2.24) is 0 Å². The first-order valence-corrected chi connectivity index (χ1v) is 6.67. The van der Waals surface area contributed by atoms with Crippen molar-refractivity contribution in [3.63, 3.8) is 0 Å². The van der Waals surface area contributed by atoms with Crippen molar-refractivity contribution >= 4 is 27.5 Å². The largest absolute Gasteiger partial charge is 0.207 e. The van der Waals surface area contributed by atoms with Crippen molar-refractivity contribution in [3.05, 3.63) is 68.9 Å². The van der Waals surface area contributed by atoms with E-state index in [0.717, 1.165) is 6.07 Å². The molecule has 0 saturated carbocycles. The molecule has 0 spiro atoms. The number of hydrogen-bond acceptors (Lipinski definition) is 0. The molecule has 0 amide bonds. The summed E-state index contributed by atoms with van der Waals surface area (Å²) < 4.78 is 40.8. The average Bonchev–Trinajstić information content (AvgIpc) is 2.31. The van der Waals surface area contributed by atoms with Crippen LogP contribution in [0.2, 0.25) is 0 Å². The number of alkyl halides is 1. The summed E-state index contributed by atoms with van der Waals surface area (Å²) in [5.41, 5.74) is 0.814. The molecule has 100 valence electrons. The number of rotatable bonds is 2. The van der Waals surface area contributed by atoms with Crippen LogP contribution >= 0.6 is 27.5 Å². The molecular formula is C14H9BrClF3. The van der Waals surface area contributed by atoms with Crippen LogP contribution in [0.1, 0.15) is 22.1 Å². The highest BCUT2D eigenvalue weighted by Gasteiger charge is 2.18. The van der Waals surface area contributed by atoms with Gasteiger partial charge in [0.05, 0.1) is 5.38 Å². The quantitative estimate of drug-likeness (QED) is 0.628. The third-order valence-electron chi connectivity index (χ3n) is 2.73. The second kappa shape index (κ2) is 5.55. The molecule has 1 atom stereocenters. The summed E-state index contributed by atoms with van der Waals surface area (Å²) in [6.07, 6.45) is 0. The van der Waals surface area contributed by atoms with E-state index in [9.17, 15) is 13.2 Å². The Kier molecular flexibility index (Phi) is 4.21. The lowest BCUT2D eigenvalue weighted by atomic mass is 10.0. The highest BCUT2D eigenvalue weighted by Crippen LogP contribution is 2.33. The Hall–Kier alpha value is -1.00. The van der Waals surface area contributed by atoms with E-state index in [4.69, 9.17) is 11.6 Å². The van der Waals surface area contributed by atoms with Crippen LogP contribution in [0.4, 0.5) is 13.2 Å². The predicted octanol–water partition coefficient (Wildman–Crippen LogP) is 5.50. The third kappa shape index (κ3) is 3.12. The van der Waals surface area contributed by atoms with E-state index in [1.165, 1.54) is 25.1 Å². The van der Waals surface area contributed by atoms with Gasteiger partial charge in [0.1, 0.15) is 17.5 Å². The Morgan fingerprint density at radius 3 is 2.32 bits per heavy atom. The molecular weight excluding hydrogens is 341 g/mol. The van der Waals surface area contributed by atoms with E-state index in [1.54, 1.807) is 6.07 Å². The minimum atomic E-state index is -0.883. The van der Waals surface area contributed by atoms with Gasteiger partial charge < -0.3 is 0 Å². The Bertz CT molecular complexity index is 608. The summed E-state index contributed by atoms with van der Waals surface area (Å²) >= 11 is 9.30. The van der Waals surface area contributed by atoms with Gasteiger partial charge in [-0.05, 0) is 42.3 Å². The van der Waals surface area contributed by atoms with Crippen LogP contribution in [0.3, 0.4) is 0 Å². The molecule has 2 aromatic rings.